The minimum absolute atomic E-state index is 0.117. The van der Waals surface area contributed by atoms with Gasteiger partial charge in [0.15, 0.2) is 0 Å². The summed E-state index contributed by atoms with van der Waals surface area (Å²) in [6, 6.07) is 6.87. The van der Waals surface area contributed by atoms with E-state index in [4.69, 9.17) is 0 Å². The van der Waals surface area contributed by atoms with Crippen molar-refractivity contribution in [1.82, 2.24) is 15.1 Å². The first-order valence-corrected chi connectivity index (χ1v) is 6.51. The fourth-order valence-corrected chi connectivity index (χ4v) is 2.16. The van der Waals surface area contributed by atoms with Crippen LogP contribution in [0.4, 0.5) is 0 Å². The number of benzene rings is 1. The Hall–Kier alpha value is -2.30. The van der Waals surface area contributed by atoms with Crippen LogP contribution in [0.2, 0.25) is 0 Å². The molecule has 0 atom stereocenters. The molecule has 1 aromatic carbocycles. The van der Waals surface area contributed by atoms with E-state index in [2.05, 4.69) is 10.4 Å². The van der Waals surface area contributed by atoms with E-state index in [-0.39, 0.29) is 18.1 Å². The molecule has 0 bridgehead atoms. The summed E-state index contributed by atoms with van der Waals surface area (Å²) >= 11 is 0. The van der Waals surface area contributed by atoms with Gasteiger partial charge in [-0.05, 0) is 19.9 Å². The van der Waals surface area contributed by atoms with Crippen LogP contribution in [-0.2, 0) is 24.8 Å². The van der Waals surface area contributed by atoms with Gasteiger partial charge >= 0.3 is 0 Å². The second-order valence-electron chi connectivity index (χ2n) is 4.86. The molecule has 0 spiro atoms. The molecule has 1 heterocycles. The van der Waals surface area contributed by atoms with Gasteiger partial charge in [-0.15, -0.1) is 0 Å². The van der Waals surface area contributed by atoms with Gasteiger partial charge in [-0.1, -0.05) is 18.2 Å². The molecule has 1 aromatic heterocycles. The Bertz CT molecular complexity index is 632. The zero-order valence-electron chi connectivity index (χ0n) is 12.0. The SMILES string of the molecule is Cc1nn(C)c(C)c1CNC(=O)Cc1ccccc1O. The summed E-state index contributed by atoms with van der Waals surface area (Å²) in [7, 11) is 1.88. The molecular formula is C15H19N3O2. The van der Waals surface area contributed by atoms with E-state index in [1.807, 2.05) is 20.9 Å². The zero-order chi connectivity index (χ0) is 14.7. The van der Waals surface area contributed by atoms with Crippen LogP contribution < -0.4 is 5.32 Å². The standard InChI is InChI=1S/C15H19N3O2/c1-10-13(11(2)18(3)17-10)9-16-15(20)8-12-6-4-5-7-14(12)19/h4-7,19H,8-9H2,1-3H3,(H,16,20). The maximum absolute atomic E-state index is 11.9. The lowest BCUT2D eigenvalue weighted by atomic mass is 10.1. The third-order valence-electron chi connectivity index (χ3n) is 3.46. The van der Waals surface area contributed by atoms with Crippen LogP contribution in [0.15, 0.2) is 24.3 Å². The number of para-hydroxylation sites is 1. The zero-order valence-corrected chi connectivity index (χ0v) is 12.0. The van der Waals surface area contributed by atoms with Gasteiger partial charge in [-0.25, -0.2) is 0 Å². The second-order valence-corrected chi connectivity index (χ2v) is 4.86. The summed E-state index contributed by atoms with van der Waals surface area (Å²) in [5, 5.41) is 16.8. The number of carbonyl (C=O) groups excluding carboxylic acids is 1. The van der Waals surface area contributed by atoms with Crippen LogP contribution >= 0.6 is 0 Å². The van der Waals surface area contributed by atoms with E-state index in [1.54, 1.807) is 28.9 Å². The Morgan fingerprint density at radius 1 is 1.35 bits per heavy atom. The molecule has 0 aliphatic carbocycles. The number of phenolic OH excluding ortho intramolecular Hbond substituents is 1. The number of hydrogen-bond donors (Lipinski definition) is 2. The van der Waals surface area contributed by atoms with Crippen LogP contribution in [0.5, 0.6) is 5.75 Å². The van der Waals surface area contributed by atoms with Gasteiger partial charge in [0, 0.05) is 30.4 Å². The molecule has 0 aliphatic heterocycles. The van der Waals surface area contributed by atoms with Crippen LogP contribution in [0.3, 0.4) is 0 Å². The summed E-state index contributed by atoms with van der Waals surface area (Å²) in [6.45, 7) is 4.36. The van der Waals surface area contributed by atoms with Crippen LogP contribution in [0.1, 0.15) is 22.5 Å². The number of hydrogen-bond acceptors (Lipinski definition) is 3. The minimum Gasteiger partial charge on any atom is -0.508 e. The topological polar surface area (TPSA) is 67.2 Å². The number of phenols is 1. The summed E-state index contributed by atoms with van der Waals surface area (Å²) in [5.74, 6) is 0.0329. The van der Waals surface area contributed by atoms with E-state index >= 15 is 0 Å². The lowest BCUT2D eigenvalue weighted by Gasteiger charge is -2.07. The van der Waals surface area contributed by atoms with Crippen LogP contribution in [0.25, 0.3) is 0 Å². The first-order valence-electron chi connectivity index (χ1n) is 6.51. The summed E-state index contributed by atoms with van der Waals surface area (Å²) in [4.78, 5) is 11.9. The first-order chi connectivity index (χ1) is 9.49. The molecule has 0 fully saturated rings. The van der Waals surface area contributed by atoms with Crippen molar-refractivity contribution in [3.63, 3.8) is 0 Å². The average molecular weight is 273 g/mol. The summed E-state index contributed by atoms with van der Waals surface area (Å²) in [5.41, 5.74) is 3.64. The van der Waals surface area contributed by atoms with Crippen molar-refractivity contribution in [1.29, 1.82) is 0 Å². The van der Waals surface area contributed by atoms with Gasteiger partial charge in [0.05, 0.1) is 12.1 Å². The summed E-state index contributed by atoms with van der Waals surface area (Å²) < 4.78 is 1.81. The molecule has 20 heavy (non-hydrogen) atoms. The van der Waals surface area contributed by atoms with Gasteiger partial charge in [-0.3, -0.25) is 9.48 Å². The number of carbonyl (C=O) groups is 1. The Kier molecular flexibility index (Phi) is 4.08. The number of rotatable bonds is 4. The predicted octanol–water partition coefficient (Wildman–Crippen LogP) is 1.60. The quantitative estimate of drug-likeness (QED) is 0.889. The third-order valence-corrected chi connectivity index (χ3v) is 3.46. The second kappa shape index (κ2) is 5.77. The van der Waals surface area contributed by atoms with Gasteiger partial charge in [0.25, 0.3) is 0 Å². The lowest BCUT2D eigenvalue weighted by molar-refractivity contribution is -0.120. The van der Waals surface area contributed by atoms with Gasteiger partial charge in [0.1, 0.15) is 5.75 Å². The van der Waals surface area contributed by atoms with E-state index in [1.165, 1.54) is 0 Å². The smallest absolute Gasteiger partial charge is 0.224 e. The molecule has 0 radical (unpaired) electrons. The Balaban J connectivity index is 1.98. The third kappa shape index (κ3) is 2.99. The van der Waals surface area contributed by atoms with Gasteiger partial charge < -0.3 is 10.4 Å². The Morgan fingerprint density at radius 3 is 2.65 bits per heavy atom. The fraction of sp³-hybridized carbons (Fsp3) is 0.333. The van der Waals surface area contributed by atoms with Gasteiger partial charge in [-0.2, -0.15) is 5.10 Å². The van der Waals surface area contributed by atoms with Crippen molar-refractivity contribution in [2.45, 2.75) is 26.8 Å². The molecule has 2 aromatic rings. The number of aromatic nitrogens is 2. The highest BCUT2D eigenvalue weighted by Gasteiger charge is 2.11. The van der Waals surface area contributed by atoms with E-state index in [9.17, 15) is 9.90 Å². The molecule has 106 valence electrons. The van der Waals surface area contributed by atoms with Crippen LogP contribution in [0, 0.1) is 13.8 Å². The van der Waals surface area contributed by atoms with Crippen molar-refractivity contribution >= 4 is 5.91 Å². The van der Waals surface area contributed by atoms with Crippen LogP contribution in [-0.4, -0.2) is 20.8 Å². The maximum Gasteiger partial charge on any atom is 0.224 e. The van der Waals surface area contributed by atoms with Crippen molar-refractivity contribution in [3.05, 3.63) is 46.8 Å². The Labute approximate surface area is 118 Å². The molecule has 0 aliphatic rings. The van der Waals surface area contributed by atoms with E-state index < -0.39 is 0 Å². The molecular weight excluding hydrogens is 254 g/mol. The van der Waals surface area contributed by atoms with Crippen molar-refractivity contribution < 1.29 is 9.90 Å². The highest BCUT2D eigenvalue weighted by Crippen LogP contribution is 2.16. The monoisotopic (exact) mass is 273 g/mol. The number of aromatic hydroxyl groups is 1. The molecule has 5 nitrogen and oxygen atoms in total. The predicted molar refractivity (Wildman–Crippen MR) is 76.3 cm³/mol. The molecule has 2 N–H and O–H groups in total. The number of nitrogens with zero attached hydrogens (tertiary/aromatic N) is 2. The maximum atomic E-state index is 11.9. The largest absolute Gasteiger partial charge is 0.508 e. The minimum atomic E-state index is -0.117. The van der Waals surface area contributed by atoms with Gasteiger partial charge in [0.2, 0.25) is 5.91 Å². The molecule has 0 saturated carbocycles. The van der Waals surface area contributed by atoms with Crippen molar-refractivity contribution in [2.24, 2.45) is 7.05 Å². The average Bonchev–Trinajstić information content (AvgIpc) is 2.64. The molecule has 0 saturated heterocycles. The normalized spacial score (nSPS) is 10.6. The fourth-order valence-electron chi connectivity index (χ4n) is 2.16. The number of amides is 1. The highest BCUT2D eigenvalue weighted by atomic mass is 16.3. The van der Waals surface area contributed by atoms with E-state index in [0.29, 0.717) is 12.1 Å². The van der Waals surface area contributed by atoms with Crippen molar-refractivity contribution in [2.75, 3.05) is 0 Å². The number of aryl methyl sites for hydroxylation is 2. The molecule has 1 amide bonds. The van der Waals surface area contributed by atoms with E-state index in [0.717, 1.165) is 17.0 Å². The molecule has 5 heteroatoms. The molecule has 0 unspecified atom stereocenters. The van der Waals surface area contributed by atoms with Crippen molar-refractivity contribution in [3.8, 4) is 5.75 Å². The Morgan fingerprint density at radius 2 is 2.05 bits per heavy atom. The molecule has 2 rings (SSSR count). The number of nitrogens with one attached hydrogen (secondary N) is 1. The highest BCUT2D eigenvalue weighted by molar-refractivity contribution is 5.79. The summed E-state index contributed by atoms with van der Waals surface area (Å²) in [6.07, 6.45) is 0.172. The lowest BCUT2D eigenvalue weighted by Crippen LogP contribution is -2.25. The first kappa shape index (κ1) is 14.1.